The van der Waals surface area contributed by atoms with Crippen molar-refractivity contribution in [1.82, 2.24) is 0 Å². The molecule has 0 radical (unpaired) electrons. The summed E-state index contributed by atoms with van der Waals surface area (Å²) >= 11 is 0. The quantitative estimate of drug-likeness (QED) is 0.0561. The van der Waals surface area contributed by atoms with Crippen LogP contribution in [0.15, 0.2) is 78.9 Å². The average Bonchev–Trinajstić information content (AvgIpc) is 3.09. The van der Waals surface area contributed by atoms with Crippen molar-refractivity contribution in [3.05, 3.63) is 90.0 Å². The topological polar surface area (TPSA) is 107 Å². The van der Waals surface area contributed by atoms with Crippen LogP contribution in [0.4, 0.5) is 0 Å². The number of esters is 3. The Kier molecular flexibility index (Phi) is 14.2. The Balaban J connectivity index is 1.13. The van der Waals surface area contributed by atoms with E-state index in [0.717, 1.165) is 48.8 Å². The van der Waals surface area contributed by atoms with Crippen LogP contribution in [0.25, 0.3) is 17.2 Å². The van der Waals surface area contributed by atoms with Gasteiger partial charge in [-0.3, -0.25) is 4.79 Å². The molecule has 0 amide bonds. The smallest absolute Gasteiger partial charge is 0.343 e. The molecule has 0 aromatic heterocycles. The van der Waals surface area contributed by atoms with E-state index in [1.807, 2.05) is 57.2 Å². The minimum Gasteiger partial charge on any atom is -0.494 e. The van der Waals surface area contributed by atoms with E-state index in [2.05, 4.69) is 0 Å². The Labute approximate surface area is 283 Å². The van der Waals surface area contributed by atoms with Gasteiger partial charge in [-0.25, -0.2) is 9.59 Å². The highest BCUT2D eigenvalue weighted by Crippen LogP contribution is 2.24. The van der Waals surface area contributed by atoms with E-state index in [1.54, 1.807) is 42.5 Å². The van der Waals surface area contributed by atoms with Crippen LogP contribution in [-0.4, -0.2) is 63.2 Å². The zero-order valence-corrected chi connectivity index (χ0v) is 28.1. The molecule has 256 valence electrons. The van der Waals surface area contributed by atoms with Gasteiger partial charge in [-0.15, -0.1) is 0 Å². The van der Waals surface area contributed by atoms with E-state index < -0.39 is 5.97 Å². The molecule has 1 atom stereocenters. The first kappa shape index (κ1) is 36.4. The van der Waals surface area contributed by atoms with Gasteiger partial charge in [-0.2, -0.15) is 0 Å². The number of hydrogen-bond acceptors (Lipinski definition) is 9. The van der Waals surface area contributed by atoms with Crippen molar-refractivity contribution < 1.29 is 42.8 Å². The van der Waals surface area contributed by atoms with Gasteiger partial charge in [0.1, 0.15) is 17.1 Å². The lowest BCUT2D eigenvalue weighted by Crippen LogP contribution is -2.49. The Morgan fingerprint density at radius 2 is 1.35 bits per heavy atom. The number of rotatable bonds is 19. The zero-order valence-electron chi connectivity index (χ0n) is 28.1. The Morgan fingerprint density at radius 3 is 1.98 bits per heavy atom. The highest BCUT2D eigenvalue weighted by molar-refractivity contribution is 5.91. The number of ether oxygens (including phenoxy) is 6. The summed E-state index contributed by atoms with van der Waals surface area (Å²) in [6.07, 6.45) is 6.97. The lowest BCUT2D eigenvalue weighted by molar-refractivity contribution is -0.199. The summed E-state index contributed by atoms with van der Waals surface area (Å²) in [4.78, 5) is 36.4. The molecule has 1 unspecified atom stereocenters. The molecule has 0 bridgehead atoms. The van der Waals surface area contributed by atoms with Crippen molar-refractivity contribution in [2.45, 2.75) is 58.5 Å². The maximum atomic E-state index is 12.7. The molecule has 1 aliphatic heterocycles. The van der Waals surface area contributed by atoms with Gasteiger partial charge in [0.2, 0.25) is 0 Å². The molecule has 3 aromatic carbocycles. The molecule has 0 N–H and O–H groups in total. The number of carbonyl (C=O) groups excluding carboxylic acids is 3. The number of benzene rings is 3. The zero-order chi connectivity index (χ0) is 34.2. The molecular weight excluding hydrogens is 612 g/mol. The molecule has 1 aliphatic rings. The van der Waals surface area contributed by atoms with Gasteiger partial charge in [0.05, 0.1) is 44.5 Å². The second kappa shape index (κ2) is 18.8. The molecular formula is C39H46O9. The molecule has 9 nitrogen and oxygen atoms in total. The summed E-state index contributed by atoms with van der Waals surface area (Å²) in [7, 11) is 0. The van der Waals surface area contributed by atoms with Crippen LogP contribution in [-0.2, 0) is 28.5 Å². The maximum Gasteiger partial charge on any atom is 0.343 e. The Bertz CT molecular complexity index is 1470. The van der Waals surface area contributed by atoms with Crippen LogP contribution in [0.1, 0.15) is 68.8 Å². The second-order valence-electron chi connectivity index (χ2n) is 12.1. The first-order chi connectivity index (χ1) is 23.2. The lowest BCUT2D eigenvalue weighted by atomic mass is 10.0. The fourth-order valence-electron chi connectivity index (χ4n) is 4.61. The summed E-state index contributed by atoms with van der Waals surface area (Å²) in [5.74, 6) is 0.0112. The molecule has 3 aromatic rings. The van der Waals surface area contributed by atoms with Gasteiger partial charge in [-0.05, 0) is 98.2 Å². The SMILES string of the molecule is CCC(C)C(=O)OCCCCOc1ccc(C(=O)Oc2ccc(-c3ccc(C=CC(=O)OCCCCOC4(C)COC4)cc3)cc2)cc1. The normalized spacial score (nSPS) is 14.1. The molecule has 0 spiro atoms. The van der Waals surface area contributed by atoms with Crippen LogP contribution >= 0.6 is 0 Å². The predicted molar refractivity (Wildman–Crippen MR) is 183 cm³/mol. The van der Waals surface area contributed by atoms with Gasteiger partial charge >= 0.3 is 17.9 Å². The molecule has 0 saturated carbocycles. The minimum absolute atomic E-state index is 0.0751. The van der Waals surface area contributed by atoms with Crippen molar-refractivity contribution >= 4 is 24.0 Å². The molecule has 1 heterocycles. The van der Waals surface area contributed by atoms with E-state index in [0.29, 0.717) is 56.7 Å². The van der Waals surface area contributed by atoms with Gasteiger partial charge < -0.3 is 28.4 Å². The van der Waals surface area contributed by atoms with Crippen LogP contribution in [0.2, 0.25) is 0 Å². The van der Waals surface area contributed by atoms with E-state index >= 15 is 0 Å². The number of unbranched alkanes of at least 4 members (excludes halogenated alkanes) is 2. The summed E-state index contributed by atoms with van der Waals surface area (Å²) < 4.78 is 32.8. The second-order valence-corrected chi connectivity index (χ2v) is 12.1. The third kappa shape index (κ3) is 12.0. The van der Waals surface area contributed by atoms with Crippen molar-refractivity contribution in [1.29, 1.82) is 0 Å². The molecule has 4 rings (SSSR count). The molecule has 9 heteroatoms. The summed E-state index contributed by atoms with van der Waals surface area (Å²) in [5, 5.41) is 0. The summed E-state index contributed by atoms with van der Waals surface area (Å²) in [6.45, 7) is 8.98. The number of hydrogen-bond donors (Lipinski definition) is 0. The standard InChI is InChI=1S/C39H46O9/c1-4-29(2)37(41)46-25-6-5-23-44-34-18-16-33(17-19-34)38(42)48-35-20-14-32(15-21-35)31-12-9-30(10-13-31)11-22-36(40)45-24-7-8-26-47-39(3)27-43-28-39/h9-22,29H,4-8,23-28H2,1-3H3. The maximum absolute atomic E-state index is 12.7. The van der Waals surface area contributed by atoms with Crippen molar-refractivity contribution in [2.24, 2.45) is 5.92 Å². The first-order valence-corrected chi connectivity index (χ1v) is 16.6. The monoisotopic (exact) mass is 658 g/mol. The third-order valence-corrected chi connectivity index (χ3v) is 7.93. The van der Waals surface area contributed by atoms with Crippen LogP contribution in [0.3, 0.4) is 0 Å². The Hall–Kier alpha value is -4.47. The van der Waals surface area contributed by atoms with Crippen molar-refractivity contribution in [2.75, 3.05) is 39.6 Å². The fourth-order valence-corrected chi connectivity index (χ4v) is 4.61. The van der Waals surface area contributed by atoms with E-state index in [9.17, 15) is 14.4 Å². The fraction of sp³-hybridized carbons (Fsp3) is 0.410. The van der Waals surface area contributed by atoms with Gasteiger partial charge in [0.25, 0.3) is 0 Å². The van der Waals surface area contributed by atoms with Gasteiger partial charge in [0, 0.05) is 12.7 Å². The Morgan fingerprint density at radius 1 is 0.771 bits per heavy atom. The highest BCUT2D eigenvalue weighted by atomic mass is 16.6. The molecule has 0 aliphatic carbocycles. The average molecular weight is 659 g/mol. The largest absolute Gasteiger partial charge is 0.494 e. The predicted octanol–water partition coefficient (Wildman–Crippen LogP) is 7.46. The van der Waals surface area contributed by atoms with Crippen molar-refractivity contribution in [3.8, 4) is 22.6 Å². The minimum atomic E-state index is -0.463. The molecule has 1 saturated heterocycles. The summed E-state index contributed by atoms with van der Waals surface area (Å²) in [5.41, 5.74) is 3.08. The highest BCUT2D eigenvalue weighted by Gasteiger charge is 2.33. The third-order valence-electron chi connectivity index (χ3n) is 7.93. The van der Waals surface area contributed by atoms with Gasteiger partial charge in [0.15, 0.2) is 0 Å². The van der Waals surface area contributed by atoms with Crippen LogP contribution in [0, 0.1) is 5.92 Å². The molecule has 48 heavy (non-hydrogen) atoms. The van der Waals surface area contributed by atoms with Crippen LogP contribution < -0.4 is 9.47 Å². The number of carbonyl (C=O) groups is 3. The lowest BCUT2D eigenvalue weighted by Gasteiger charge is -2.37. The van der Waals surface area contributed by atoms with E-state index in [-0.39, 0.29) is 23.5 Å². The first-order valence-electron chi connectivity index (χ1n) is 16.6. The van der Waals surface area contributed by atoms with Crippen LogP contribution in [0.5, 0.6) is 11.5 Å². The summed E-state index contributed by atoms with van der Waals surface area (Å²) in [6, 6.07) is 21.9. The van der Waals surface area contributed by atoms with E-state index in [4.69, 9.17) is 28.4 Å². The van der Waals surface area contributed by atoms with E-state index in [1.165, 1.54) is 6.08 Å². The van der Waals surface area contributed by atoms with Crippen molar-refractivity contribution in [3.63, 3.8) is 0 Å². The van der Waals surface area contributed by atoms with Gasteiger partial charge in [-0.1, -0.05) is 50.2 Å². The molecule has 1 fully saturated rings.